The monoisotopic (exact) mass is 522 g/mol. The number of amides is 1. The van der Waals surface area contributed by atoms with Crippen molar-refractivity contribution in [1.82, 2.24) is 9.80 Å². The zero-order valence-corrected chi connectivity index (χ0v) is 21.5. The molecule has 2 aromatic rings. The molecule has 5 nitrogen and oxygen atoms in total. The van der Waals surface area contributed by atoms with E-state index in [4.69, 9.17) is 11.6 Å². The molecule has 0 aliphatic carbocycles. The maximum Gasteiger partial charge on any atom is 0.416 e. The molecule has 2 saturated heterocycles. The molecule has 0 bridgehead atoms. The molecule has 196 valence electrons. The molecule has 0 saturated carbocycles. The molecule has 0 spiro atoms. The normalized spacial score (nSPS) is 17.9. The maximum atomic E-state index is 13.3. The van der Waals surface area contributed by atoms with Crippen LogP contribution in [0.4, 0.5) is 24.5 Å². The van der Waals surface area contributed by atoms with Crippen LogP contribution in [0.15, 0.2) is 42.5 Å². The summed E-state index contributed by atoms with van der Waals surface area (Å²) >= 11 is 5.99. The lowest BCUT2D eigenvalue weighted by molar-refractivity contribution is -0.138. The summed E-state index contributed by atoms with van der Waals surface area (Å²) < 4.78 is 40.0. The zero-order chi connectivity index (χ0) is 25.7. The number of aryl methyl sites for hydroxylation is 1. The van der Waals surface area contributed by atoms with Gasteiger partial charge < -0.3 is 14.7 Å². The highest BCUT2D eigenvalue weighted by Crippen LogP contribution is 2.34. The molecule has 0 unspecified atom stereocenters. The van der Waals surface area contributed by atoms with Crippen molar-refractivity contribution in [1.29, 1.82) is 0 Å². The van der Waals surface area contributed by atoms with Crippen molar-refractivity contribution in [2.45, 2.75) is 32.4 Å². The third-order valence-corrected chi connectivity index (χ3v) is 7.42. The SMILES string of the molecule is Cc1ccc(N2CCCN(C(=O)CCCN3CCN(c4ccc(Cl)cc4)CC3)CC2)cc1C(F)(F)F. The Morgan fingerprint density at radius 2 is 1.50 bits per heavy atom. The molecule has 36 heavy (non-hydrogen) atoms. The predicted molar refractivity (Wildman–Crippen MR) is 139 cm³/mol. The minimum atomic E-state index is -4.36. The minimum Gasteiger partial charge on any atom is -0.370 e. The van der Waals surface area contributed by atoms with Crippen LogP contribution in [0.5, 0.6) is 0 Å². The topological polar surface area (TPSA) is 30.0 Å². The molecule has 2 aliphatic rings. The van der Waals surface area contributed by atoms with E-state index in [-0.39, 0.29) is 11.5 Å². The van der Waals surface area contributed by atoms with Crippen molar-refractivity contribution in [2.75, 3.05) is 68.7 Å². The van der Waals surface area contributed by atoms with Crippen molar-refractivity contribution in [3.63, 3.8) is 0 Å². The third-order valence-electron chi connectivity index (χ3n) is 7.17. The molecule has 1 amide bonds. The Hall–Kier alpha value is -2.45. The second-order valence-corrected chi connectivity index (χ2v) is 10.1. The number of rotatable bonds is 6. The van der Waals surface area contributed by atoms with Gasteiger partial charge in [-0.25, -0.2) is 0 Å². The van der Waals surface area contributed by atoms with Crippen molar-refractivity contribution in [3.8, 4) is 0 Å². The van der Waals surface area contributed by atoms with E-state index in [1.54, 1.807) is 6.07 Å². The summed E-state index contributed by atoms with van der Waals surface area (Å²) in [5.41, 5.74) is 1.39. The number of anilines is 2. The fourth-order valence-corrected chi connectivity index (χ4v) is 5.16. The van der Waals surface area contributed by atoms with Gasteiger partial charge in [-0.2, -0.15) is 13.2 Å². The molecule has 9 heteroatoms. The van der Waals surface area contributed by atoms with Crippen molar-refractivity contribution in [2.24, 2.45) is 0 Å². The molecule has 2 fully saturated rings. The first-order valence-corrected chi connectivity index (χ1v) is 13.0. The van der Waals surface area contributed by atoms with Crippen LogP contribution >= 0.6 is 11.6 Å². The number of piperazine rings is 1. The third kappa shape index (κ3) is 6.85. The van der Waals surface area contributed by atoms with Crippen LogP contribution in [0.3, 0.4) is 0 Å². The van der Waals surface area contributed by atoms with E-state index in [9.17, 15) is 18.0 Å². The average molecular weight is 523 g/mol. The summed E-state index contributed by atoms with van der Waals surface area (Å²) in [6.45, 7) is 8.57. The van der Waals surface area contributed by atoms with Crippen LogP contribution in [0.1, 0.15) is 30.4 Å². The van der Waals surface area contributed by atoms with E-state index in [1.165, 1.54) is 24.7 Å². The number of alkyl halides is 3. The molecule has 2 aromatic carbocycles. The highest BCUT2D eigenvalue weighted by Gasteiger charge is 2.33. The number of nitrogens with zero attached hydrogens (tertiary/aromatic N) is 4. The summed E-state index contributed by atoms with van der Waals surface area (Å²) in [4.78, 5) is 21.4. The molecule has 2 aliphatic heterocycles. The average Bonchev–Trinajstić information content (AvgIpc) is 3.11. The minimum absolute atomic E-state index is 0.136. The van der Waals surface area contributed by atoms with Crippen LogP contribution in [-0.4, -0.2) is 74.6 Å². The summed E-state index contributed by atoms with van der Waals surface area (Å²) in [5.74, 6) is 0.136. The quantitative estimate of drug-likeness (QED) is 0.514. The maximum absolute atomic E-state index is 13.3. The van der Waals surface area contributed by atoms with Crippen molar-refractivity contribution in [3.05, 3.63) is 58.6 Å². The van der Waals surface area contributed by atoms with Crippen LogP contribution in [0, 0.1) is 6.92 Å². The molecule has 0 aromatic heterocycles. The van der Waals surface area contributed by atoms with E-state index in [0.29, 0.717) is 38.3 Å². The first-order chi connectivity index (χ1) is 17.2. The lowest BCUT2D eigenvalue weighted by Gasteiger charge is -2.36. The Morgan fingerprint density at radius 3 is 2.19 bits per heavy atom. The summed E-state index contributed by atoms with van der Waals surface area (Å²) in [5, 5.41) is 0.741. The summed E-state index contributed by atoms with van der Waals surface area (Å²) in [7, 11) is 0. The van der Waals surface area contributed by atoms with Gasteiger partial charge in [-0.1, -0.05) is 17.7 Å². The number of hydrogen-bond acceptors (Lipinski definition) is 4. The Labute approximate surface area is 216 Å². The van der Waals surface area contributed by atoms with Gasteiger partial charge >= 0.3 is 6.18 Å². The van der Waals surface area contributed by atoms with Crippen molar-refractivity contribution < 1.29 is 18.0 Å². The Kier molecular flexibility index (Phi) is 8.67. The van der Waals surface area contributed by atoms with Crippen LogP contribution in [0.2, 0.25) is 5.02 Å². The second kappa shape index (κ2) is 11.7. The van der Waals surface area contributed by atoms with E-state index in [2.05, 4.69) is 9.80 Å². The molecular formula is C27H34ClF3N4O. The van der Waals surface area contributed by atoms with Gasteiger partial charge in [-0.15, -0.1) is 0 Å². The smallest absolute Gasteiger partial charge is 0.370 e. The summed E-state index contributed by atoms with van der Waals surface area (Å²) in [6.07, 6.45) is -2.31. The highest BCUT2D eigenvalue weighted by atomic mass is 35.5. The Balaban J connectivity index is 1.20. The lowest BCUT2D eigenvalue weighted by Crippen LogP contribution is -2.46. The number of hydrogen-bond donors (Lipinski definition) is 0. The molecule has 0 radical (unpaired) electrons. The molecule has 0 atom stereocenters. The standard InChI is InChI=1S/C27H34ClF3N4O/c1-21-5-8-24(20-25(21)27(29,30)31)33-12-3-13-35(19-18-33)26(36)4-2-11-32-14-16-34(17-15-32)23-9-6-22(28)7-10-23/h5-10,20H,2-4,11-19H2,1H3. The Morgan fingerprint density at radius 1 is 0.861 bits per heavy atom. The lowest BCUT2D eigenvalue weighted by atomic mass is 10.1. The fraction of sp³-hybridized carbons (Fsp3) is 0.519. The molecule has 2 heterocycles. The van der Waals surface area contributed by atoms with Crippen molar-refractivity contribution >= 4 is 28.9 Å². The number of benzene rings is 2. The zero-order valence-electron chi connectivity index (χ0n) is 20.7. The van der Waals surface area contributed by atoms with E-state index < -0.39 is 11.7 Å². The number of halogens is 4. The molecule has 4 rings (SSSR count). The van der Waals surface area contributed by atoms with Gasteiger partial charge in [-0.05, 0) is 68.3 Å². The van der Waals surface area contributed by atoms with E-state index >= 15 is 0 Å². The first-order valence-electron chi connectivity index (χ1n) is 12.6. The fourth-order valence-electron chi connectivity index (χ4n) is 5.03. The van der Waals surface area contributed by atoms with Gasteiger partial charge in [0.1, 0.15) is 0 Å². The Bertz CT molecular complexity index is 1020. The highest BCUT2D eigenvalue weighted by molar-refractivity contribution is 6.30. The molecule has 0 N–H and O–H groups in total. The largest absolute Gasteiger partial charge is 0.416 e. The van der Waals surface area contributed by atoms with Crippen LogP contribution in [-0.2, 0) is 11.0 Å². The van der Waals surface area contributed by atoms with Gasteiger partial charge in [0.05, 0.1) is 5.56 Å². The number of carbonyl (C=O) groups is 1. The predicted octanol–water partition coefficient (Wildman–Crippen LogP) is 5.31. The van der Waals surface area contributed by atoms with E-state index in [0.717, 1.165) is 50.6 Å². The van der Waals surface area contributed by atoms with Gasteiger partial charge in [-0.3, -0.25) is 9.69 Å². The van der Waals surface area contributed by atoms with Gasteiger partial charge in [0.2, 0.25) is 5.91 Å². The summed E-state index contributed by atoms with van der Waals surface area (Å²) in [6, 6.07) is 12.4. The van der Waals surface area contributed by atoms with Gasteiger partial charge in [0.15, 0.2) is 0 Å². The first kappa shape index (κ1) is 26.6. The van der Waals surface area contributed by atoms with E-state index in [1.807, 2.05) is 34.1 Å². The van der Waals surface area contributed by atoms with Crippen LogP contribution in [0.25, 0.3) is 0 Å². The van der Waals surface area contributed by atoms with Crippen LogP contribution < -0.4 is 9.80 Å². The molecular weight excluding hydrogens is 489 g/mol. The second-order valence-electron chi connectivity index (χ2n) is 9.63. The van der Waals surface area contributed by atoms with Gasteiger partial charge in [0, 0.05) is 75.2 Å². The number of carbonyl (C=O) groups excluding carboxylic acids is 1. The van der Waals surface area contributed by atoms with Gasteiger partial charge in [0.25, 0.3) is 0 Å².